The van der Waals surface area contributed by atoms with E-state index >= 15 is 0 Å². The topological polar surface area (TPSA) is 92.9 Å². The van der Waals surface area contributed by atoms with Crippen molar-refractivity contribution in [3.63, 3.8) is 0 Å². The van der Waals surface area contributed by atoms with E-state index in [2.05, 4.69) is 4.90 Å². The Morgan fingerprint density at radius 3 is 2.37 bits per heavy atom. The fourth-order valence-electron chi connectivity index (χ4n) is 3.83. The summed E-state index contributed by atoms with van der Waals surface area (Å²) in [6.07, 6.45) is 1.93. The number of piperidine rings is 1. The molecule has 0 atom stereocenters. The molecule has 7 nitrogen and oxygen atoms in total. The minimum atomic E-state index is -3.59. The lowest BCUT2D eigenvalue weighted by atomic mass is 9.75. The molecule has 0 bridgehead atoms. The predicted octanol–water partition coefficient (Wildman–Crippen LogP) is 0.803. The number of hydrogen-bond donors (Lipinski definition) is 1. The minimum absolute atomic E-state index is 0.105. The first-order chi connectivity index (χ1) is 12.8. The van der Waals surface area contributed by atoms with Crippen LogP contribution in [0, 0.1) is 11.2 Å². The number of primary amides is 1. The van der Waals surface area contributed by atoms with Crippen LogP contribution in [0.3, 0.4) is 0 Å². The van der Waals surface area contributed by atoms with Gasteiger partial charge >= 0.3 is 0 Å². The fraction of sp³-hybridized carbons (Fsp3) is 0.611. The van der Waals surface area contributed by atoms with Crippen molar-refractivity contribution < 1.29 is 22.3 Å². The summed E-state index contributed by atoms with van der Waals surface area (Å²) < 4.78 is 44.7. The Balaban J connectivity index is 1.56. The van der Waals surface area contributed by atoms with Gasteiger partial charge < -0.3 is 10.5 Å². The number of amides is 1. The van der Waals surface area contributed by atoms with Gasteiger partial charge in [0.15, 0.2) is 0 Å². The number of methoxy groups -OCH3 is 1. The van der Waals surface area contributed by atoms with Crippen LogP contribution in [0.25, 0.3) is 0 Å². The molecule has 0 unspecified atom stereocenters. The molecular weight excluding hydrogens is 373 g/mol. The lowest BCUT2D eigenvalue weighted by Crippen LogP contribution is -2.63. The zero-order valence-corrected chi connectivity index (χ0v) is 16.3. The molecule has 2 saturated heterocycles. The van der Waals surface area contributed by atoms with E-state index in [1.807, 2.05) is 0 Å². The van der Waals surface area contributed by atoms with Crippen molar-refractivity contribution in [1.82, 2.24) is 9.21 Å². The minimum Gasteiger partial charge on any atom is -0.385 e. The molecule has 0 aromatic heterocycles. The standard InChI is InChI=1S/C18H26FN3O4S/c1-26-11-8-18(17(20)23)6-9-21(10-7-18)15-12-22(13-15)27(24,25)16-4-2-14(19)3-5-16/h2-5,15H,6-13H2,1H3,(H2,20,23). The summed E-state index contributed by atoms with van der Waals surface area (Å²) in [5, 5.41) is 0. The second-order valence-corrected chi connectivity index (χ2v) is 9.29. The van der Waals surface area contributed by atoms with Gasteiger partial charge in [-0.25, -0.2) is 12.8 Å². The van der Waals surface area contributed by atoms with E-state index in [1.54, 1.807) is 7.11 Å². The van der Waals surface area contributed by atoms with Gasteiger partial charge in [-0.2, -0.15) is 4.31 Å². The number of benzene rings is 1. The van der Waals surface area contributed by atoms with Gasteiger partial charge in [0.05, 0.1) is 10.3 Å². The third-order valence-electron chi connectivity index (χ3n) is 5.86. The van der Waals surface area contributed by atoms with E-state index in [0.29, 0.717) is 52.0 Å². The molecule has 2 fully saturated rings. The molecule has 3 rings (SSSR count). The number of carbonyl (C=O) groups is 1. The highest BCUT2D eigenvalue weighted by Crippen LogP contribution is 2.37. The van der Waals surface area contributed by atoms with Gasteiger partial charge in [0.2, 0.25) is 15.9 Å². The number of nitrogens with zero attached hydrogens (tertiary/aromatic N) is 2. The Hall–Kier alpha value is -1.55. The molecule has 0 saturated carbocycles. The highest BCUT2D eigenvalue weighted by atomic mass is 32.2. The van der Waals surface area contributed by atoms with Crippen molar-refractivity contribution in [2.45, 2.75) is 30.2 Å². The second kappa shape index (κ2) is 7.83. The number of halogens is 1. The smallest absolute Gasteiger partial charge is 0.243 e. The summed E-state index contributed by atoms with van der Waals surface area (Å²) in [6.45, 7) is 2.72. The number of rotatable bonds is 7. The van der Waals surface area contributed by atoms with E-state index < -0.39 is 21.3 Å². The first kappa shape index (κ1) is 20.2. The number of ether oxygens (including phenoxy) is 1. The van der Waals surface area contributed by atoms with Gasteiger partial charge in [0.25, 0.3) is 0 Å². The number of nitrogens with two attached hydrogens (primary N) is 1. The first-order valence-electron chi connectivity index (χ1n) is 9.07. The van der Waals surface area contributed by atoms with E-state index in [4.69, 9.17) is 10.5 Å². The Labute approximate surface area is 159 Å². The van der Waals surface area contributed by atoms with Crippen molar-refractivity contribution >= 4 is 15.9 Å². The van der Waals surface area contributed by atoms with Gasteiger partial charge in [-0.15, -0.1) is 0 Å². The molecule has 2 aliphatic heterocycles. The molecule has 2 aliphatic rings. The van der Waals surface area contributed by atoms with Crippen LogP contribution >= 0.6 is 0 Å². The zero-order valence-electron chi connectivity index (χ0n) is 15.4. The largest absolute Gasteiger partial charge is 0.385 e. The van der Waals surface area contributed by atoms with E-state index in [9.17, 15) is 17.6 Å². The van der Waals surface area contributed by atoms with Crippen LogP contribution in [-0.2, 0) is 19.6 Å². The Morgan fingerprint density at radius 2 is 1.85 bits per heavy atom. The number of carbonyl (C=O) groups excluding carboxylic acids is 1. The molecule has 1 aromatic carbocycles. The molecule has 0 radical (unpaired) electrons. The maximum Gasteiger partial charge on any atom is 0.243 e. The quantitative estimate of drug-likeness (QED) is 0.732. The third-order valence-corrected chi connectivity index (χ3v) is 7.71. The van der Waals surface area contributed by atoms with E-state index in [-0.39, 0.29) is 16.8 Å². The molecule has 0 aliphatic carbocycles. The van der Waals surface area contributed by atoms with Crippen molar-refractivity contribution in [3.05, 3.63) is 30.1 Å². The van der Waals surface area contributed by atoms with Gasteiger partial charge in [0.1, 0.15) is 5.82 Å². The van der Waals surface area contributed by atoms with Crippen molar-refractivity contribution in [1.29, 1.82) is 0 Å². The Bertz CT molecular complexity index is 770. The maximum atomic E-state index is 13.0. The molecular formula is C18H26FN3O4S. The van der Waals surface area contributed by atoms with E-state index in [0.717, 1.165) is 12.1 Å². The zero-order chi connectivity index (χ0) is 19.7. The summed E-state index contributed by atoms with van der Waals surface area (Å²) in [5.41, 5.74) is 5.11. The van der Waals surface area contributed by atoms with Crippen LogP contribution in [0.2, 0.25) is 0 Å². The summed E-state index contributed by atoms with van der Waals surface area (Å²) in [5.74, 6) is -0.747. The predicted molar refractivity (Wildman–Crippen MR) is 97.9 cm³/mol. The molecule has 9 heteroatoms. The summed E-state index contributed by atoms with van der Waals surface area (Å²) >= 11 is 0. The fourth-order valence-corrected chi connectivity index (χ4v) is 5.35. The van der Waals surface area contributed by atoms with Crippen LogP contribution < -0.4 is 5.73 Å². The van der Waals surface area contributed by atoms with Crippen molar-refractivity contribution in [2.75, 3.05) is 39.9 Å². The second-order valence-electron chi connectivity index (χ2n) is 7.35. The van der Waals surface area contributed by atoms with E-state index in [1.165, 1.54) is 16.4 Å². The lowest BCUT2D eigenvalue weighted by molar-refractivity contribution is -0.132. The van der Waals surface area contributed by atoms with Gasteiger partial charge in [-0.1, -0.05) is 0 Å². The highest BCUT2D eigenvalue weighted by Gasteiger charge is 2.45. The SMILES string of the molecule is COCCC1(C(N)=O)CCN(C2CN(S(=O)(=O)c3ccc(F)cc3)C2)CC1. The normalized spacial score (nSPS) is 21.7. The molecule has 0 spiro atoms. The van der Waals surface area contributed by atoms with Gasteiger partial charge in [-0.05, 0) is 56.6 Å². The monoisotopic (exact) mass is 399 g/mol. The summed E-state index contributed by atoms with van der Waals surface area (Å²) in [4.78, 5) is 14.3. The molecule has 2 heterocycles. The average Bonchev–Trinajstić information content (AvgIpc) is 2.60. The average molecular weight is 399 g/mol. The Morgan fingerprint density at radius 1 is 1.26 bits per heavy atom. The van der Waals surface area contributed by atoms with Gasteiger partial charge in [-0.3, -0.25) is 9.69 Å². The van der Waals surface area contributed by atoms with Crippen LogP contribution in [0.15, 0.2) is 29.2 Å². The Kier molecular flexibility index (Phi) is 5.85. The molecule has 150 valence electrons. The number of sulfonamides is 1. The van der Waals surface area contributed by atoms with Crippen molar-refractivity contribution in [3.8, 4) is 0 Å². The first-order valence-corrected chi connectivity index (χ1v) is 10.5. The molecule has 27 heavy (non-hydrogen) atoms. The van der Waals surface area contributed by atoms with Gasteiger partial charge in [0, 0.05) is 32.8 Å². The van der Waals surface area contributed by atoms with Crippen molar-refractivity contribution in [2.24, 2.45) is 11.1 Å². The number of likely N-dealkylation sites (tertiary alicyclic amines) is 1. The summed E-state index contributed by atoms with van der Waals surface area (Å²) in [6, 6.07) is 5.01. The highest BCUT2D eigenvalue weighted by molar-refractivity contribution is 7.89. The number of hydrogen-bond acceptors (Lipinski definition) is 5. The van der Waals surface area contributed by atoms with Crippen LogP contribution in [0.5, 0.6) is 0 Å². The van der Waals surface area contributed by atoms with Crippen LogP contribution in [0.1, 0.15) is 19.3 Å². The maximum absolute atomic E-state index is 13.0. The summed E-state index contributed by atoms with van der Waals surface area (Å²) in [7, 11) is -1.98. The third kappa shape index (κ3) is 4.01. The lowest BCUT2D eigenvalue weighted by Gasteiger charge is -2.48. The molecule has 1 aromatic rings. The molecule has 1 amide bonds. The van der Waals surface area contributed by atoms with Crippen LogP contribution in [-0.4, -0.2) is 69.5 Å². The molecule has 2 N–H and O–H groups in total. The van der Waals surface area contributed by atoms with Crippen LogP contribution in [0.4, 0.5) is 4.39 Å².